The molecule has 1 saturated heterocycles. The van der Waals surface area contributed by atoms with Crippen LogP contribution < -0.4 is 5.73 Å². The van der Waals surface area contributed by atoms with E-state index in [4.69, 9.17) is 10.7 Å². The molecular weight excluding hydrogens is 386 g/mol. The van der Waals surface area contributed by atoms with Crippen LogP contribution in [-0.2, 0) is 11.4 Å². The minimum absolute atomic E-state index is 0.149. The largest absolute Gasteiger partial charge is 0.598 e. The first-order valence-electron chi connectivity index (χ1n) is 9.85. The van der Waals surface area contributed by atoms with Gasteiger partial charge in [0.2, 0.25) is 0 Å². The van der Waals surface area contributed by atoms with Crippen molar-refractivity contribution >= 4 is 39.2 Å². The second-order valence-corrected chi connectivity index (χ2v) is 8.90. The van der Waals surface area contributed by atoms with E-state index >= 15 is 0 Å². The summed E-state index contributed by atoms with van der Waals surface area (Å²) in [7, 11) is 0. The summed E-state index contributed by atoms with van der Waals surface area (Å²) in [5, 5.41) is 1.02. The molecule has 150 valence electrons. The topological polar surface area (TPSA) is 112 Å². The fourth-order valence-electron chi connectivity index (χ4n) is 4.15. The third-order valence-corrected chi connectivity index (χ3v) is 7.14. The second-order valence-electron chi connectivity index (χ2n) is 7.33. The van der Waals surface area contributed by atoms with E-state index in [0.717, 1.165) is 59.4 Å². The number of H-pyrrole nitrogens is 1. The average Bonchev–Trinajstić information content (AvgIpc) is 3.45. The lowest BCUT2D eigenvalue weighted by atomic mass is 10.2. The van der Waals surface area contributed by atoms with E-state index in [1.807, 2.05) is 24.4 Å². The molecule has 1 aliphatic rings. The minimum Gasteiger partial charge on any atom is -0.598 e. The lowest BCUT2D eigenvalue weighted by Crippen LogP contribution is -2.31. The van der Waals surface area contributed by atoms with Crippen LogP contribution in [0.25, 0.3) is 33.5 Å². The number of pyridine rings is 2. The third-order valence-electron chi connectivity index (χ3n) is 5.47. The highest BCUT2D eigenvalue weighted by molar-refractivity contribution is 7.89. The number of hydrogen-bond donors (Lipinski definition) is 2. The molecule has 0 aliphatic carbocycles. The second kappa shape index (κ2) is 7.33. The summed E-state index contributed by atoms with van der Waals surface area (Å²) in [4.78, 5) is 16.8. The number of rotatable bonds is 5. The molecule has 4 aromatic rings. The molecule has 2 unspecified atom stereocenters. The predicted molar refractivity (Wildman–Crippen MR) is 116 cm³/mol. The number of aromatic amines is 1. The molecule has 0 radical (unpaired) electrons. The first-order chi connectivity index (χ1) is 14.2. The molecular formula is C20H23N7OS. The molecule has 3 N–H and O–H groups in total. The van der Waals surface area contributed by atoms with Gasteiger partial charge in [-0.1, -0.05) is 6.92 Å². The zero-order valence-electron chi connectivity index (χ0n) is 16.2. The van der Waals surface area contributed by atoms with E-state index in [2.05, 4.69) is 30.7 Å². The molecule has 0 amide bonds. The molecule has 0 spiro atoms. The minimum atomic E-state index is -0.942. The highest BCUT2D eigenvalue weighted by Crippen LogP contribution is 2.37. The summed E-state index contributed by atoms with van der Waals surface area (Å²) in [5.74, 6) is 1.94. The van der Waals surface area contributed by atoms with Crippen molar-refractivity contribution in [1.29, 1.82) is 0 Å². The Kier molecular flexibility index (Phi) is 4.65. The molecule has 9 heteroatoms. The van der Waals surface area contributed by atoms with E-state index in [0.29, 0.717) is 11.6 Å². The van der Waals surface area contributed by atoms with Gasteiger partial charge in [0.1, 0.15) is 28.6 Å². The van der Waals surface area contributed by atoms with Gasteiger partial charge in [0.15, 0.2) is 0 Å². The van der Waals surface area contributed by atoms with Crippen LogP contribution in [0.5, 0.6) is 0 Å². The SMILES string of the molecule is CCC[S+]([O-])N1CCC(n2c(-c3cccnc3N)nc3cnc4[nH]ccc4c32)C1. The number of nitrogens with two attached hydrogens (primary N) is 1. The van der Waals surface area contributed by atoms with Crippen LogP contribution in [0.1, 0.15) is 25.8 Å². The van der Waals surface area contributed by atoms with Crippen molar-refractivity contribution < 1.29 is 4.55 Å². The van der Waals surface area contributed by atoms with Crippen LogP contribution in [0.2, 0.25) is 0 Å². The number of hydrogen-bond acceptors (Lipinski definition) is 6. The van der Waals surface area contributed by atoms with Crippen LogP contribution in [0.15, 0.2) is 36.8 Å². The van der Waals surface area contributed by atoms with Crippen molar-refractivity contribution in [3.63, 3.8) is 0 Å². The number of aromatic nitrogens is 5. The van der Waals surface area contributed by atoms with Gasteiger partial charge >= 0.3 is 0 Å². The maximum atomic E-state index is 12.6. The molecule has 8 nitrogen and oxygen atoms in total. The van der Waals surface area contributed by atoms with Gasteiger partial charge in [0.05, 0.1) is 29.9 Å². The molecule has 0 aromatic carbocycles. The number of fused-ring (bicyclic) bond motifs is 3. The first-order valence-corrected chi connectivity index (χ1v) is 11.1. The van der Waals surface area contributed by atoms with Gasteiger partial charge in [-0.2, -0.15) is 0 Å². The van der Waals surface area contributed by atoms with Gasteiger partial charge in [0, 0.05) is 35.7 Å². The van der Waals surface area contributed by atoms with E-state index in [9.17, 15) is 4.55 Å². The number of nitrogen functional groups attached to an aromatic ring is 1. The Bertz CT molecular complexity index is 1170. The monoisotopic (exact) mass is 409 g/mol. The van der Waals surface area contributed by atoms with E-state index in [-0.39, 0.29) is 6.04 Å². The normalized spacial score (nSPS) is 18.8. The molecule has 2 atom stereocenters. The molecule has 29 heavy (non-hydrogen) atoms. The van der Waals surface area contributed by atoms with Gasteiger partial charge < -0.3 is 19.8 Å². The van der Waals surface area contributed by atoms with Gasteiger partial charge in [0.25, 0.3) is 0 Å². The number of imidazole rings is 1. The van der Waals surface area contributed by atoms with Gasteiger partial charge in [-0.3, -0.25) is 0 Å². The smallest absolute Gasteiger partial charge is 0.145 e. The Morgan fingerprint density at radius 3 is 3.07 bits per heavy atom. The van der Waals surface area contributed by atoms with Crippen molar-refractivity contribution in [1.82, 2.24) is 28.8 Å². The zero-order chi connectivity index (χ0) is 20.0. The zero-order valence-corrected chi connectivity index (χ0v) is 17.0. The maximum Gasteiger partial charge on any atom is 0.145 e. The Morgan fingerprint density at radius 2 is 2.24 bits per heavy atom. The average molecular weight is 410 g/mol. The number of anilines is 1. The Morgan fingerprint density at radius 1 is 1.34 bits per heavy atom. The maximum absolute atomic E-state index is 12.6. The van der Waals surface area contributed by atoms with Crippen LogP contribution in [0.4, 0.5) is 5.82 Å². The quantitative estimate of drug-likeness (QED) is 0.490. The summed E-state index contributed by atoms with van der Waals surface area (Å²) in [6.45, 7) is 3.59. The Labute approximate surface area is 171 Å². The van der Waals surface area contributed by atoms with E-state index < -0.39 is 11.4 Å². The van der Waals surface area contributed by atoms with E-state index in [1.54, 1.807) is 12.4 Å². The molecule has 5 rings (SSSR count). The lowest BCUT2D eigenvalue weighted by Gasteiger charge is -2.21. The third kappa shape index (κ3) is 3.06. The van der Waals surface area contributed by atoms with Gasteiger partial charge in [-0.05, 0) is 31.0 Å². The van der Waals surface area contributed by atoms with Crippen molar-refractivity contribution in [2.75, 3.05) is 24.6 Å². The highest BCUT2D eigenvalue weighted by Gasteiger charge is 2.34. The lowest BCUT2D eigenvalue weighted by molar-refractivity contribution is 0.455. The van der Waals surface area contributed by atoms with Crippen molar-refractivity contribution in [2.24, 2.45) is 0 Å². The molecule has 5 heterocycles. The standard InChI is InChI=1S/C20H23N7OS/c1-2-10-29(28)26-9-6-13(12-26)27-17-14-5-8-23-19(14)24-11-16(17)25-20(27)15-4-3-7-22-18(15)21/h3-5,7-8,11,13H,2,6,9-10,12H2,1H3,(H2,21,22)(H,23,24). The fraction of sp³-hybridized carbons (Fsp3) is 0.350. The van der Waals surface area contributed by atoms with Gasteiger partial charge in [-0.15, -0.1) is 4.31 Å². The molecule has 0 saturated carbocycles. The van der Waals surface area contributed by atoms with Crippen LogP contribution in [0.3, 0.4) is 0 Å². The summed E-state index contributed by atoms with van der Waals surface area (Å²) in [5.41, 5.74) is 9.69. The van der Waals surface area contributed by atoms with Crippen molar-refractivity contribution in [2.45, 2.75) is 25.8 Å². The van der Waals surface area contributed by atoms with Crippen molar-refractivity contribution in [3.05, 3.63) is 36.8 Å². The Balaban J connectivity index is 1.69. The van der Waals surface area contributed by atoms with Crippen LogP contribution >= 0.6 is 0 Å². The van der Waals surface area contributed by atoms with Crippen LogP contribution in [-0.4, -0.2) is 52.2 Å². The van der Waals surface area contributed by atoms with Gasteiger partial charge in [-0.25, -0.2) is 15.0 Å². The molecule has 0 bridgehead atoms. The predicted octanol–water partition coefficient (Wildman–Crippen LogP) is 2.88. The summed E-state index contributed by atoms with van der Waals surface area (Å²) < 4.78 is 16.9. The van der Waals surface area contributed by atoms with E-state index in [1.165, 1.54) is 0 Å². The molecule has 1 aliphatic heterocycles. The molecule has 4 aromatic heterocycles. The summed E-state index contributed by atoms with van der Waals surface area (Å²) >= 11 is -0.942. The molecule has 1 fully saturated rings. The first kappa shape index (κ1) is 18.4. The number of nitrogens with zero attached hydrogens (tertiary/aromatic N) is 5. The highest BCUT2D eigenvalue weighted by atomic mass is 32.2. The Hall–Kier alpha value is -2.62. The summed E-state index contributed by atoms with van der Waals surface area (Å²) in [6, 6.07) is 6.00. The summed E-state index contributed by atoms with van der Waals surface area (Å²) in [6.07, 6.45) is 7.19. The van der Waals surface area contributed by atoms with Crippen LogP contribution in [0, 0.1) is 0 Å². The fourth-order valence-corrected chi connectivity index (χ4v) is 5.41. The van der Waals surface area contributed by atoms with Crippen molar-refractivity contribution in [3.8, 4) is 11.4 Å². The number of nitrogens with one attached hydrogen (secondary N) is 1.